The monoisotopic (exact) mass is 298 g/mol. The molecule has 0 unspecified atom stereocenters. The third-order valence-electron chi connectivity index (χ3n) is 3.81. The van der Waals surface area contributed by atoms with E-state index in [1.54, 1.807) is 7.11 Å². The minimum Gasteiger partial charge on any atom is -0.387 e. The molecule has 1 fully saturated rings. The van der Waals surface area contributed by atoms with E-state index in [0.29, 0.717) is 25.2 Å². The highest BCUT2D eigenvalue weighted by Gasteiger charge is 2.31. The van der Waals surface area contributed by atoms with E-state index in [1.807, 2.05) is 0 Å². The number of carbonyl (C=O) groups excluding carboxylic acids is 1. The number of methoxy groups -OCH3 is 1. The summed E-state index contributed by atoms with van der Waals surface area (Å²) in [6, 6.07) is 0.00952. The van der Waals surface area contributed by atoms with Gasteiger partial charge in [-0.15, -0.1) is 0 Å². The predicted molar refractivity (Wildman–Crippen MR) is 73.0 cm³/mol. The van der Waals surface area contributed by atoms with E-state index in [-0.39, 0.29) is 36.5 Å². The van der Waals surface area contributed by atoms with Gasteiger partial charge < -0.3 is 25.4 Å². The van der Waals surface area contributed by atoms with Crippen LogP contribution in [0, 0.1) is 5.92 Å². The molecule has 8 nitrogen and oxygen atoms in total. The molecule has 1 aromatic heterocycles. The maximum absolute atomic E-state index is 12.1. The van der Waals surface area contributed by atoms with Gasteiger partial charge in [-0.1, -0.05) is 5.16 Å². The third-order valence-corrected chi connectivity index (χ3v) is 3.81. The van der Waals surface area contributed by atoms with Crippen molar-refractivity contribution < 1.29 is 19.2 Å². The largest absolute Gasteiger partial charge is 0.387 e. The molecule has 3 atom stereocenters. The van der Waals surface area contributed by atoms with E-state index >= 15 is 0 Å². The summed E-state index contributed by atoms with van der Waals surface area (Å²) < 4.78 is 10.1. The lowest BCUT2D eigenvalue weighted by Gasteiger charge is -2.32. The van der Waals surface area contributed by atoms with Gasteiger partial charge in [-0.05, 0) is 19.3 Å². The van der Waals surface area contributed by atoms with Gasteiger partial charge in [0.25, 0.3) is 5.89 Å². The number of nitrogens with two attached hydrogens (primary N) is 1. The van der Waals surface area contributed by atoms with Gasteiger partial charge in [-0.2, -0.15) is 4.98 Å². The molecule has 0 aliphatic heterocycles. The molecule has 4 N–H and O–H groups in total. The van der Waals surface area contributed by atoms with Crippen molar-refractivity contribution in [3.63, 3.8) is 0 Å². The number of aliphatic hydroxyl groups excluding tert-OH is 1. The molecule has 0 bridgehead atoms. The van der Waals surface area contributed by atoms with Crippen molar-refractivity contribution in [2.24, 2.45) is 11.7 Å². The number of carbonyl (C=O) groups is 1. The summed E-state index contributed by atoms with van der Waals surface area (Å²) in [6.45, 7) is 0.156. The molecule has 0 saturated heterocycles. The van der Waals surface area contributed by atoms with Crippen LogP contribution in [0.25, 0.3) is 0 Å². The van der Waals surface area contributed by atoms with E-state index in [9.17, 15) is 4.79 Å². The van der Waals surface area contributed by atoms with Gasteiger partial charge >= 0.3 is 0 Å². The lowest BCUT2D eigenvalue weighted by Crippen LogP contribution is -2.45. The van der Waals surface area contributed by atoms with Crippen LogP contribution in [0.4, 0.5) is 0 Å². The first-order chi connectivity index (χ1) is 10.1. The first-order valence-electron chi connectivity index (χ1n) is 7.12. The molecule has 0 spiro atoms. The normalized spacial score (nSPS) is 25.8. The van der Waals surface area contributed by atoms with Crippen molar-refractivity contribution in [2.75, 3.05) is 13.7 Å². The molecule has 1 aliphatic rings. The average Bonchev–Trinajstić information content (AvgIpc) is 2.95. The number of hydrogen-bond acceptors (Lipinski definition) is 7. The molecule has 1 amide bonds. The molecule has 8 heteroatoms. The number of nitrogens with one attached hydrogen (secondary N) is 1. The van der Waals surface area contributed by atoms with Crippen LogP contribution in [0.15, 0.2) is 4.52 Å². The number of aliphatic hydroxyl groups is 1. The fourth-order valence-electron chi connectivity index (χ4n) is 2.56. The van der Waals surface area contributed by atoms with Crippen LogP contribution in [0.5, 0.6) is 0 Å². The van der Waals surface area contributed by atoms with Crippen molar-refractivity contribution in [3.05, 3.63) is 11.7 Å². The zero-order valence-electron chi connectivity index (χ0n) is 12.1. The predicted octanol–water partition coefficient (Wildman–Crippen LogP) is -0.637. The molecule has 1 aliphatic carbocycles. The van der Waals surface area contributed by atoms with Crippen molar-refractivity contribution >= 4 is 5.91 Å². The highest BCUT2D eigenvalue weighted by molar-refractivity contribution is 5.78. The van der Waals surface area contributed by atoms with Crippen molar-refractivity contribution in [1.82, 2.24) is 15.5 Å². The van der Waals surface area contributed by atoms with Crippen LogP contribution >= 0.6 is 0 Å². The third kappa shape index (κ3) is 4.23. The molecule has 0 aromatic carbocycles. The maximum Gasteiger partial charge on any atom is 0.252 e. The zero-order chi connectivity index (χ0) is 15.2. The number of ether oxygens (including phenoxy) is 1. The van der Waals surface area contributed by atoms with Crippen LogP contribution in [-0.2, 0) is 22.6 Å². The van der Waals surface area contributed by atoms with Gasteiger partial charge in [0, 0.05) is 32.0 Å². The Balaban J connectivity index is 1.74. The Morgan fingerprint density at radius 2 is 2.38 bits per heavy atom. The number of hydrogen-bond donors (Lipinski definition) is 3. The van der Waals surface area contributed by atoms with Gasteiger partial charge in [-0.3, -0.25) is 4.79 Å². The van der Waals surface area contributed by atoms with E-state index in [0.717, 1.165) is 12.8 Å². The summed E-state index contributed by atoms with van der Waals surface area (Å²) >= 11 is 0. The van der Waals surface area contributed by atoms with Crippen LogP contribution in [-0.4, -0.2) is 47.0 Å². The lowest BCUT2D eigenvalue weighted by atomic mass is 9.83. The molecule has 1 saturated carbocycles. The standard InChI is InChI=1S/C13H22N4O4/c1-20-10-6-8(2-3-9(10)14)13(19)15-5-4-11-16-12(7-18)21-17-11/h8-10,18H,2-7,14H2,1H3,(H,15,19)/t8-,9-,10-/m0/s1. The Kier molecular flexibility index (Phi) is 5.66. The minimum absolute atomic E-state index is 0.00910. The zero-order valence-corrected chi connectivity index (χ0v) is 12.1. The average molecular weight is 298 g/mol. The number of aromatic nitrogens is 2. The van der Waals surface area contributed by atoms with E-state index in [4.69, 9.17) is 20.1 Å². The van der Waals surface area contributed by atoms with Crippen molar-refractivity contribution in [2.45, 2.75) is 44.4 Å². The first kappa shape index (κ1) is 15.9. The minimum atomic E-state index is -0.278. The number of amides is 1. The quantitative estimate of drug-likeness (QED) is 0.638. The Hall–Kier alpha value is -1.51. The van der Waals surface area contributed by atoms with Crippen LogP contribution in [0.1, 0.15) is 31.0 Å². The Labute approximate surface area is 123 Å². The molecular formula is C13H22N4O4. The van der Waals surface area contributed by atoms with Gasteiger partial charge in [0.15, 0.2) is 5.82 Å². The first-order valence-corrected chi connectivity index (χ1v) is 7.12. The van der Waals surface area contributed by atoms with Crippen LogP contribution in [0.2, 0.25) is 0 Å². The van der Waals surface area contributed by atoms with Crippen LogP contribution in [0.3, 0.4) is 0 Å². The smallest absolute Gasteiger partial charge is 0.252 e. The van der Waals surface area contributed by atoms with Gasteiger partial charge in [0.2, 0.25) is 5.91 Å². The lowest BCUT2D eigenvalue weighted by molar-refractivity contribution is -0.127. The SMILES string of the molecule is CO[C@H]1C[C@@H](C(=O)NCCc2noc(CO)n2)CC[C@@H]1N. The molecular weight excluding hydrogens is 276 g/mol. The van der Waals surface area contributed by atoms with E-state index in [2.05, 4.69) is 15.5 Å². The number of nitrogens with zero attached hydrogens (tertiary/aromatic N) is 2. The second-order valence-electron chi connectivity index (χ2n) is 5.25. The van der Waals surface area contributed by atoms with E-state index < -0.39 is 0 Å². The molecule has 21 heavy (non-hydrogen) atoms. The molecule has 0 radical (unpaired) electrons. The number of rotatable bonds is 6. The molecule has 2 rings (SSSR count). The molecule has 1 aromatic rings. The van der Waals surface area contributed by atoms with Gasteiger partial charge in [0.05, 0.1) is 6.10 Å². The van der Waals surface area contributed by atoms with Crippen LogP contribution < -0.4 is 11.1 Å². The summed E-state index contributed by atoms with van der Waals surface area (Å²) in [6.07, 6.45) is 2.64. The molecule has 1 heterocycles. The summed E-state index contributed by atoms with van der Waals surface area (Å²) in [7, 11) is 1.62. The second kappa shape index (κ2) is 7.48. The Morgan fingerprint density at radius 1 is 1.57 bits per heavy atom. The van der Waals surface area contributed by atoms with Gasteiger partial charge in [0.1, 0.15) is 6.61 Å². The highest BCUT2D eigenvalue weighted by Crippen LogP contribution is 2.25. The Morgan fingerprint density at radius 3 is 3.05 bits per heavy atom. The summed E-state index contributed by atoms with van der Waals surface area (Å²) in [4.78, 5) is 16.1. The van der Waals surface area contributed by atoms with Crippen molar-refractivity contribution in [3.8, 4) is 0 Å². The molecule has 118 valence electrons. The topological polar surface area (TPSA) is 124 Å². The fraction of sp³-hybridized carbons (Fsp3) is 0.769. The van der Waals surface area contributed by atoms with Crippen molar-refractivity contribution in [1.29, 1.82) is 0 Å². The summed E-state index contributed by atoms with van der Waals surface area (Å²) in [5, 5.41) is 15.4. The summed E-state index contributed by atoms with van der Waals surface area (Å²) in [5.41, 5.74) is 5.94. The van der Waals surface area contributed by atoms with E-state index in [1.165, 1.54) is 0 Å². The Bertz CT molecular complexity index is 465. The summed E-state index contributed by atoms with van der Waals surface area (Å²) in [5.74, 6) is 0.600. The highest BCUT2D eigenvalue weighted by atomic mass is 16.5. The van der Waals surface area contributed by atoms with Gasteiger partial charge in [-0.25, -0.2) is 0 Å². The second-order valence-corrected chi connectivity index (χ2v) is 5.25. The maximum atomic E-state index is 12.1. The fourth-order valence-corrected chi connectivity index (χ4v) is 2.56.